The zero-order valence-corrected chi connectivity index (χ0v) is 10.7. The summed E-state index contributed by atoms with van der Waals surface area (Å²) < 4.78 is 0. The molecule has 0 bridgehead atoms. The van der Waals surface area contributed by atoms with Crippen LogP contribution in [0.4, 0.5) is 5.69 Å². The Morgan fingerprint density at radius 2 is 2.00 bits per heavy atom. The molecule has 2 heteroatoms. The summed E-state index contributed by atoms with van der Waals surface area (Å²) in [5, 5.41) is 3.43. The van der Waals surface area contributed by atoms with Crippen molar-refractivity contribution in [3.05, 3.63) is 29.3 Å². The lowest BCUT2D eigenvalue weighted by atomic mass is 9.98. The van der Waals surface area contributed by atoms with Crippen molar-refractivity contribution in [1.82, 2.24) is 0 Å². The Morgan fingerprint density at radius 1 is 1.25 bits per heavy atom. The van der Waals surface area contributed by atoms with Gasteiger partial charge in [0.1, 0.15) is 0 Å². The molecule has 0 aliphatic heterocycles. The van der Waals surface area contributed by atoms with Crippen LogP contribution in [0.5, 0.6) is 0 Å². The summed E-state index contributed by atoms with van der Waals surface area (Å²) >= 11 is 0. The number of hydrogen-bond acceptors (Lipinski definition) is 2. The van der Waals surface area contributed by atoms with Crippen LogP contribution in [0.15, 0.2) is 18.2 Å². The van der Waals surface area contributed by atoms with Gasteiger partial charge in [-0.15, -0.1) is 0 Å². The van der Waals surface area contributed by atoms with E-state index in [4.69, 9.17) is 5.73 Å². The number of nitrogens with two attached hydrogens (primary N) is 1. The Morgan fingerprint density at radius 3 is 2.56 bits per heavy atom. The molecule has 0 saturated carbocycles. The summed E-state index contributed by atoms with van der Waals surface area (Å²) in [6, 6.07) is 6.63. The van der Waals surface area contributed by atoms with Crippen LogP contribution in [0.25, 0.3) is 0 Å². The number of rotatable bonds is 6. The molecule has 0 radical (unpaired) electrons. The third-order valence-corrected chi connectivity index (χ3v) is 2.85. The molecule has 0 heterocycles. The second-order valence-electron chi connectivity index (χ2n) is 4.65. The quantitative estimate of drug-likeness (QED) is 0.722. The Labute approximate surface area is 99.2 Å². The molecule has 1 aromatic rings. The van der Waals surface area contributed by atoms with Gasteiger partial charge in [0, 0.05) is 12.2 Å². The summed E-state index contributed by atoms with van der Waals surface area (Å²) in [5.74, 6) is 0.603. The van der Waals surface area contributed by atoms with Gasteiger partial charge in [0.25, 0.3) is 0 Å². The number of nitrogens with one attached hydrogen (secondary N) is 1. The van der Waals surface area contributed by atoms with Crippen molar-refractivity contribution in [1.29, 1.82) is 0 Å². The molecule has 0 saturated heterocycles. The largest absolute Gasteiger partial charge is 0.385 e. The van der Waals surface area contributed by atoms with Crippen molar-refractivity contribution >= 4 is 5.69 Å². The van der Waals surface area contributed by atoms with Gasteiger partial charge in [-0.2, -0.15) is 0 Å². The summed E-state index contributed by atoms with van der Waals surface area (Å²) in [6.45, 7) is 8.44. The Balaban J connectivity index is 2.53. The maximum atomic E-state index is 5.46. The van der Waals surface area contributed by atoms with Crippen LogP contribution >= 0.6 is 0 Å². The molecule has 0 aliphatic carbocycles. The van der Waals surface area contributed by atoms with Crippen LogP contribution in [0.3, 0.4) is 0 Å². The zero-order valence-electron chi connectivity index (χ0n) is 10.7. The van der Waals surface area contributed by atoms with Crippen molar-refractivity contribution in [3.63, 3.8) is 0 Å². The maximum Gasteiger partial charge on any atom is 0.0343 e. The van der Waals surface area contributed by atoms with E-state index >= 15 is 0 Å². The molecule has 2 nitrogen and oxygen atoms in total. The van der Waals surface area contributed by atoms with Gasteiger partial charge in [-0.05, 0) is 55.5 Å². The summed E-state index contributed by atoms with van der Waals surface area (Å²) in [6.07, 6.45) is 2.23. The molecular weight excluding hydrogens is 196 g/mol. The van der Waals surface area contributed by atoms with E-state index in [0.717, 1.165) is 25.9 Å². The number of aryl methyl sites for hydroxylation is 1. The highest BCUT2D eigenvalue weighted by molar-refractivity contribution is 5.49. The molecule has 0 unspecified atom stereocenters. The lowest BCUT2D eigenvalue weighted by molar-refractivity contribution is 0.774. The average molecular weight is 220 g/mol. The first-order valence-electron chi connectivity index (χ1n) is 6.19. The Hall–Kier alpha value is -1.02. The number of benzene rings is 1. The van der Waals surface area contributed by atoms with Gasteiger partial charge in [-0.1, -0.05) is 19.9 Å². The molecule has 0 atom stereocenters. The predicted octanol–water partition coefficient (Wildman–Crippen LogP) is 3.27. The van der Waals surface area contributed by atoms with Gasteiger partial charge in [0.05, 0.1) is 0 Å². The lowest BCUT2D eigenvalue weighted by Gasteiger charge is -2.12. The first-order valence-corrected chi connectivity index (χ1v) is 6.19. The van der Waals surface area contributed by atoms with Gasteiger partial charge in [-0.3, -0.25) is 0 Å². The molecule has 0 spiro atoms. The first kappa shape index (κ1) is 13.0. The molecule has 90 valence electrons. The summed E-state index contributed by atoms with van der Waals surface area (Å²) in [7, 11) is 0. The highest BCUT2D eigenvalue weighted by Gasteiger charge is 2.03. The molecule has 0 aromatic heterocycles. The molecule has 1 aromatic carbocycles. The van der Waals surface area contributed by atoms with Gasteiger partial charge < -0.3 is 11.1 Å². The second kappa shape index (κ2) is 6.54. The van der Waals surface area contributed by atoms with Gasteiger partial charge >= 0.3 is 0 Å². The van der Waals surface area contributed by atoms with Crippen molar-refractivity contribution in [3.8, 4) is 0 Å². The molecule has 3 N–H and O–H groups in total. The van der Waals surface area contributed by atoms with Crippen molar-refractivity contribution < 1.29 is 0 Å². The van der Waals surface area contributed by atoms with Crippen LogP contribution in [0.1, 0.15) is 43.7 Å². The lowest BCUT2D eigenvalue weighted by Crippen LogP contribution is -2.06. The zero-order chi connectivity index (χ0) is 12.0. The predicted molar refractivity (Wildman–Crippen MR) is 72.0 cm³/mol. The molecule has 0 aliphatic rings. The van der Waals surface area contributed by atoms with E-state index in [1.165, 1.54) is 16.8 Å². The normalized spacial score (nSPS) is 10.8. The summed E-state index contributed by atoms with van der Waals surface area (Å²) in [4.78, 5) is 0. The van der Waals surface area contributed by atoms with Crippen LogP contribution in [-0.4, -0.2) is 13.1 Å². The van der Waals surface area contributed by atoms with E-state index in [0.29, 0.717) is 5.92 Å². The SMILES string of the molecule is Cc1cc(NCCCCN)ccc1C(C)C. The minimum Gasteiger partial charge on any atom is -0.385 e. The van der Waals surface area contributed by atoms with E-state index in [2.05, 4.69) is 44.3 Å². The fraction of sp³-hybridized carbons (Fsp3) is 0.571. The standard InChI is InChI=1S/C14H24N2/c1-11(2)14-7-6-13(10-12(14)3)16-9-5-4-8-15/h6-7,10-11,16H,4-5,8-9,15H2,1-3H3. The first-order chi connectivity index (χ1) is 7.65. The molecular formula is C14H24N2. The number of unbranched alkanes of at least 4 members (excludes halogenated alkanes) is 1. The smallest absolute Gasteiger partial charge is 0.0343 e. The molecule has 0 fully saturated rings. The van der Waals surface area contributed by atoms with E-state index in [1.807, 2.05) is 0 Å². The Bertz CT molecular complexity index is 319. The highest BCUT2D eigenvalue weighted by Crippen LogP contribution is 2.22. The second-order valence-corrected chi connectivity index (χ2v) is 4.65. The van der Waals surface area contributed by atoms with Gasteiger partial charge in [0.15, 0.2) is 0 Å². The van der Waals surface area contributed by atoms with E-state index in [1.54, 1.807) is 0 Å². The summed E-state index contributed by atoms with van der Waals surface area (Å²) in [5.41, 5.74) is 9.49. The third kappa shape index (κ3) is 3.86. The van der Waals surface area contributed by atoms with E-state index < -0.39 is 0 Å². The molecule has 1 rings (SSSR count). The average Bonchev–Trinajstić information content (AvgIpc) is 2.24. The minimum absolute atomic E-state index is 0.603. The maximum absolute atomic E-state index is 5.46. The number of anilines is 1. The number of hydrogen-bond donors (Lipinski definition) is 2. The third-order valence-electron chi connectivity index (χ3n) is 2.85. The van der Waals surface area contributed by atoms with Crippen molar-refractivity contribution in [2.24, 2.45) is 5.73 Å². The van der Waals surface area contributed by atoms with Crippen LogP contribution < -0.4 is 11.1 Å². The highest BCUT2D eigenvalue weighted by atomic mass is 14.9. The van der Waals surface area contributed by atoms with Crippen molar-refractivity contribution in [2.45, 2.75) is 39.5 Å². The van der Waals surface area contributed by atoms with Crippen LogP contribution in [0.2, 0.25) is 0 Å². The minimum atomic E-state index is 0.603. The fourth-order valence-corrected chi connectivity index (χ4v) is 1.94. The van der Waals surface area contributed by atoms with E-state index in [9.17, 15) is 0 Å². The van der Waals surface area contributed by atoms with E-state index in [-0.39, 0.29) is 0 Å². The Kier molecular flexibility index (Phi) is 5.33. The molecule has 0 amide bonds. The van der Waals surface area contributed by atoms with Crippen LogP contribution in [-0.2, 0) is 0 Å². The van der Waals surface area contributed by atoms with Crippen molar-refractivity contribution in [2.75, 3.05) is 18.4 Å². The van der Waals surface area contributed by atoms with Gasteiger partial charge in [-0.25, -0.2) is 0 Å². The van der Waals surface area contributed by atoms with Crippen LogP contribution in [0, 0.1) is 6.92 Å². The fourth-order valence-electron chi connectivity index (χ4n) is 1.94. The topological polar surface area (TPSA) is 38.0 Å². The molecule has 16 heavy (non-hydrogen) atoms. The van der Waals surface area contributed by atoms with Gasteiger partial charge in [0.2, 0.25) is 0 Å². The monoisotopic (exact) mass is 220 g/mol.